The molecule has 8 nitrogen and oxygen atoms in total. The van der Waals surface area contributed by atoms with Crippen LogP contribution in [-0.2, 0) is 19.1 Å². The highest BCUT2D eigenvalue weighted by Gasteiger charge is 2.40. The Morgan fingerprint density at radius 2 is 1.31 bits per heavy atom. The average Bonchev–Trinajstić information content (AvgIpc) is 3.29. The van der Waals surface area contributed by atoms with Crippen LogP contribution in [-0.4, -0.2) is 52.0 Å². The zero-order chi connectivity index (χ0) is 31.0. The van der Waals surface area contributed by atoms with E-state index in [0.717, 1.165) is 27.8 Å². The summed E-state index contributed by atoms with van der Waals surface area (Å²) < 4.78 is 5.41. The molecule has 3 aromatic rings. The number of carbonyl (C=O) groups is 3. The predicted molar refractivity (Wildman–Crippen MR) is 161 cm³/mol. The zero-order valence-corrected chi connectivity index (χ0v) is 24.5. The molecule has 1 aliphatic rings. The smallest absolute Gasteiger partial charge is 0.323 e. The van der Waals surface area contributed by atoms with Crippen LogP contribution in [0.2, 0.25) is 0 Å². The molecular formula is C34H41NO7. The fourth-order valence-corrected chi connectivity index (χ4v) is 5.38. The number of hydrogen-bond acceptors (Lipinski definition) is 6. The summed E-state index contributed by atoms with van der Waals surface area (Å²) in [5.41, 5.74) is 11.1. The summed E-state index contributed by atoms with van der Waals surface area (Å²) in [4.78, 5) is 35.2. The Bertz CT molecular complexity index is 1310. The van der Waals surface area contributed by atoms with Crippen LogP contribution in [0.4, 0.5) is 0 Å². The Labute approximate surface area is 247 Å². The van der Waals surface area contributed by atoms with Crippen molar-refractivity contribution in [3.63, 3.8) is 0 Å². The lowest BCUT2D eigenvalue weighted by molar-refractivity contribution is -0.165. The summed E-state index contributed by atoms with van der Waals surface area (Å²) in [7, 11) is 0. The van der Waals surface area contributed by atoms with E-state index in [0.29, 0.717) is 6.42 Å². The van der Waals surface area contributed by atoms with Gasteiger partial charge in [0.1, 0.15) is 6.61 Å². The number of esters is 1. The van der Waals surface area contributed by atoms with Crippen LogP contribution in [0.5, 0.6) is 0 Å². The Hall–Kier alpha value is -4.01. The maximum atomic E-state index is 12.6. The molecule has 5 N–H and O–H groups in total. The van der Waals surface area contributed by atoms with E-state index in [1.54, 1.807) is 0 Å². The number of carboxylic acid groups (broad SMARTS) is 2. The quantitative estimate of drug-likeness (QED) is 0.178. The normalized spacial score (nSPS) is 15.7. The minimum absolute atomic E-state index is 0.00191. The van der Waals surface area contributed by atoms with Gasteiger partial charge in [0.2, 0.25) is 0 Å². The Balaban J connectivity index is 0.000000312. The first kappa shape index (κ1) is 32.5. The second-order valence-corrected chi connectivity index (χ2v) is 11.1. The molecule has 224 valence electrons. The van der Waals surface area contributed by atoms with Crippen LogP contribution in [0.1, 0.15) is 62.6 Å². The number of carbonyl (C=O) groups excluding carboxylic acids is 1. The highest BCUT2D eigenvalue weighted by molar-refractivity contribution is 5.95. The number of ether oxygens (including phenoxy) is 1. The number of fused-ring (bicyclic) bond motifs is 3. The molecule has 0 fully saturated rings. The third-order valence-corrected chi connectivity index (χ3v) is 8.00. The summed E-state index contributed by atoms with van der Waals surface area (Å²) in [6.07, 6.45) is -0.854. The lowest BCUT2D eigenvalue weighted by atomic mass is 9.87. The van der Waals surface area contributed by atoms with Crippen molar-refractivity contribution >= 4 is 17.9 Å². The number of rotatable bonds is 11. The van der Waals surface area contributed by atoms with E-state index in [-0.39, 0.29) is 30.3 Å². The fourth-order valence-electron chi connectivity index (χ4n) is 5.38. The van der Waals surface area contributed by atoms with Crippen molar-refractivity contribution in [3.05, 3.63) is 95.6 Å². The Morgan fingerprint density at radius 3 is 1.76 bits per heavy atom. The van der Waals surface area contributed by atoms with Crippen molar-refractivity contribution in [2.75, 3.05) is 6.61 Å². The lowest BCUT2D eigenvalue weighted by Crippen LogP contribution is -2.50. The van der Waals surface area contributed by atoms with Crippen LogP contribution in [0, 0.1) is 17.8 Å². The van der Waals surface area contributed by atoms with Crippen LogP contribution in [0.3, 0.4) is 0 Å². The van der Waals surface area contributed by atoms with Gasteiger partial charge in [0.15, 0.2) is 5.92 Å². The van der Waals surface area contributed by atoms with Gasteiger partial charge in [-0.3, -0.25) is 14.4 Å². The molecule has 1 aliphatic carbocycles. The summed E-state index contributed by atoms with van der Waals surface area (Å²) in [6.45, 7) is 7.55. The van der Waals surface area contributed by atoms with Gasteiger partial charge in [-0.15, -0.1) is 0 Å². The Kier molecular flexibility index (Phi) is 11.4. The first-order chi connectivity index (χ1) is 20.0. The van der Waals surface area contributed by atoms with E-state index < -0.39 is 36.0 Å². The third-order valence-electron chi connectivity index (χ3n) is 8.00. The molecule has 0 amide bonds. The van der Waals surface area contributed by atoms with Gasteiger partial charge in [-0.25, -0.2) is 0 Å². The van der Waals surface area contributed by atoms with Crippen LogP contribution in [0.25, 0.3) is 11.1 Å². The highest BCUT2D eigenvalue weighted by Crippen LogP contribution is 2.44. The second-order valence-electron chi connectivity index (χ2n) is 11.1. The van der Waals surface area contributed by atoms with Gasteiger partial charge in [0.05, 0.1) is 12.0 Å². The van der Waals surface area contributed by atoms with Crippen molar-refractivity contribution in [3.8, 4) is 11.1 Å². The number of hydrogen-bond donors (Lipinski definition) is 4. The van der Waals surface area contributed by atoms with Crippen molar-refractivity contribution in [2.45, 2.75) is 58.1 Å². The molecule has 0 aliphatic heterocycles. The number of aliphatic hydroxyl groups is 1. The average molecular weight is 576 g/mol. The maximum absolute atomic E-state index is 12.6. The van der Waals surface area contributed by atoms with E-state index in [2.05, 4.69) is 0 Å². The van der Waals surface area contributed by atoms with Gasteiger partial charge in [0, 0.05) is 12.0 Å². The van der Waals surface area contributed by atoms with Crippen molar-refractivity contribution in [1.82, 2.24) is 0 Å². The van der Waals surface area contributed by atoms with E-state index in [1.165, 1.54) is 0 Å². The maximum Gasteiger partial charge on any atom is 0.323 e. The topological polar surface area (TPSA) is 147 Å². The van der Waals surface area contributed by atoms with Crippen molar-refractivity contribution < 1.29 is 34.4 Å². The highest BCUT2D eigenvalue weighted by atomic mass is 16.5. The van der Waals surface area contributed by atoms with Crippen LogP contribution < -0.4 is 5.73 Å². The zero-order valence-electron chi connectivity index (χ0n) is 24.5. The summed E-state index contributed by atoms with van der Waals surface area (Å²) >= 11 is 0. The SMILES string of the molecule is CC(C)C(C(=O)O)c1ccccc1.CC[C@H](C)[C@H](N)[C@@H](O)C(C(=O)O)C(=O)OCC1c2ccccc2-c2ccccc21. The van der Waals surface area contributed by atoms with E-state index in [4.69, 9.17) is 15.6 Å². The third kappa shape index (κ3) is 7.43. The minimum Gasteiger partial charge on any atom is -0.481 e. The molecule has 4 rings (SSSR count). The van der Waals surface area contributed by atoms with Crippen molar-refractivity contribution in [1.29, 1.82) is 0 Å². The van der Waals surface area contributed by atoms with E-state index in [9.17, 15) is 24.6 Å². The molecule has 0 radical (unpaired) electrons. The van der Waals surface area contributed by atoms with Crippen LogP contribution in [0.15, 0.2) is 78.9 Å². The first-order valence-electron chi connectivity index (χ1n) is 14.3. The summed E-state index contributed by atoms with van der Waals surface area (Å²) in [5, 5.41) is 28.9. The Morgan fingerprint density at radius 1 is 0.810 bits per heavy atom. The second kappa shape index (κ2) is 14.8. The van der Waals surface area contributed by atoms with Crippen LogP contribution >= 0.6 is 0 Å². The minimum atomic E-state index is -1.72. The van der Waals surface area contributed by atoms with Crippen molar-refractivity contribution in [2.24, 2.45) is 23.5 Å². The standard InChI is InChI=1S/C23H27NO5.C11H14O2/c1-3-13(2)20(24)21(25)19(22(26)27)23(28)29-12-18-16-10-6-4-8-14(16)15-9-5-7-11-17(15)18;1-8(2)10(11(12)13)9-6-4-3-5-7-9/h4-11,13,18-21,25H,3,12,24H2,1-2H3,(H,26,27);3-8,10H,1-2H3,(H,12,13)/t13-,19?,20-,21-;/m0./s1. The van der Waals surface area contributed by atoms with Gasteiger partial charge in [-0.05, 0) is 39.7 Å². The molecular weight excluding hydrogens is 534 g/mol. The van der Waals surface area contributed by atoms with Gasteiger partial charge >= 0.3 is 17.9 Å². The molecule has 2 unspecified atom stereocenters. The first-order valence-corrected chi connectivity index (χ1v) is 14.3. The van der Waals surface area contributed by atoms with Gasteiger partial charge < -0.3 is 25.8 Å². The number of benzene rings is 3. The monoisotopic (exact) mass is 575 g/mol. The molecule has 3 aromatic carbocycles. The molecule has 0 bridgehead atoms. The number of aliphatic carboxylic acids is 2. The summed E-state index contributed by atoms with van der Waals surface area (Å²) in [5.74, 6) is -5.44. The fraction of sp³-hybridized carbons (Fsp3) is 0.382. The molecule has 8 heteroatoms. The molecule has 0 saturated carbocycles. The number of carboxylic acids is 2. The van der Waals surface area contributed by atoms with E-state index in [1.807, 2.05) is 107 Å². The molecule has 0 aromatic heterocycles. The van der Waals surface area contributed by atoms with Gasteiger partial charge in [-0.2, -0.15) is 0 Å². The van der Waals surface area contributed by atoms with Gasteiger partial charge in [-0.1, -0.05) is 113 Å². The number of aliphatic hydroxyl groups excluding tert-OH is 1. The summed E-state index contributed by atoms with van der Waals surface area (Å²) in [6, 6.07) is 24.3. The molecule has 42 heavy (non-hydrogen) atoms. The molecule has 0 heterocycles. The van der Waals surface area contributed by atoms with Gasteiger partial charge in [0.25, 0.3) is 0 Å². The molecule has 5 atom stereocenters. The van der Waals surface area contributed by atoms with E-state index >= 15 is 0 Å². The molecule has 0 saturated heterocycles. The predicted octanol–water partition coefficient (Wildman–Crippen LogP) is 5.29. The largest absolute Gasteiger partial charge is 0.481 e. The molecule has 0 spiro atoms. The number of nitrogens with two attached hydrogens (primary N) is 1. The lowest BCUT2D eigenvalue weighted by Gasteiger charge is -2.27.